The number of imidazole rings is 1. The lowest BCUT2D eigenvalue weighted by atomic mass is 10.1. The Morgan fingerprint density at radius 3 is 2.96 bits per heavy atom. The molecule has 1 aromatic heterocycles. The van der Waals surface area contributed by atoms with Gasteiger partial charge in [-0.3, -0.25) is 4.90 Å². The van der Waals surface area contributed by atoms with Crippen LogP contribution in [0.2, 0.25) is 0 Å². The lowest BCUT2D eigenvalue weighted by Gasteiger charge is -2.37. The SMILES string of the molecule is Cn1ccnc1COc1ccc(CN2CCO[C@H]3CNC[C@H]32)cc1. The van der Waals surface area contributed by atoms with Crippen LogP contribution in [0, 0.1) is 0 Å². The third-order valence-corrected chi connectivity index (χ3v) is 4.91. The molecule has 2 fully saturated rings. The summed E-state index contributed by atoms with van der Waals surface area (Å²) < 4.78 is 13.6. The molecule has 0 bridgehead atoms. The van der Waals surface area contributed by atoms with Crippen molar-refractivity contribution >= 4 is 0 Å². The molecule has 0 saturated carbocycles. The monoisotopic (exact) mass is 328 g/mol. The average Bonchev–Trinajstić information content (AvgIpc) is 3.24. The minimum atomic E-state index is 0.346. The van der Waals surface area contributed by atoms with Crippen LogP contribution in [-0.2, 0) is 24.9 Å². The van der Waals surface area contributed by atoms with Crippen LogP contribution in [0.15, 0.2) is 36.7 Å². The molecule has 1 aromatic carbocycles. The Hall–Kier alpha value is -1.89. The van der Waals surface area contributed by atoms with E-state index in [0.717, 1.165) is 44.4 Å². The second-order valence-electron chi connectivity index (χ2n) is 6.49. The zero-order valence-corrected chi connectivity index (χ0v) is 14.0. The third kappa shape index (κ3) is 3.31. The summed E-state index contributed by atoms with van der Waals surface area (Å²) in [5.74, 6) is 1.80. The smallest absolute Gasteiger partial charge is 0.146 e. The summed E-state index contributed by atoms with van der Waals surface area (Å²) in [5.41, 5.74) is 1.31. The molecule has 0 spiro atoms. The lowest BCUT2D eigenvalue weighted by molar-refractivity contribution is -0.0500. The van der Waals surface area contributed by atoms with Gasteiger partial charge in [-0.1, -0.05) is 12.1 Å². The standard InChI is InChI=1S/C18H24N4O2/c1-21-7-6-20-18(21)13-24-15-4-2-14(3-5-15)12-22-8-9-23-17-11-19-10-16(17)22/h2-7,16-17,19H,8-13H2,1H3/t16-,17+/m1/s1. The first-order valence-corrected chi connectivity index (χ1v) is 8.54. The predicted molar refractivity (Wildman–Crippen MR) is 90.8 cm³/mol. The number of aromatic nitrogens is 2. The summed E-state index contributed by atoms with van der Waals surface area (Å²) in [4.78, 5) is 6.80. The molecular formula is C18H24N4O2. The summed E-state index contributed by atoms with van der Waals surface area (Å²) in [7, 11) is 1.97. The summed E-state index contributed by atoms with van der Waals surface area (Å²) in [5, 5.41) is 3.43. The number of fused-ring (bicyclic) bond motifs is 1. The molecule has 6 nitrogen and oxygen atoms in total. The summed E-state index contributed by atoms with van der Waals surface area (Å²) >= 11 is 0. The maximum absolute atomic E-state index is 5.83. The van der Waals surface area contributed by atoms with Gasteiger partial charge in [0.15, 0.2) is 0 Å². The normalized spacial score (nSPS) is 24.0. The second-order valence-corrected chi connectivity index (χ2v) is 6.49. The van der Waals surface area contributed by atoms with Crippen molar-refractivity contribution in [2.24, 2.45) is 7.05 Å². The van der Waals surface area contributed by atoms with E-state index in [-0.39, 0.29) is 0 Å². The third-order valence-electron chi connectivity index (χ3n) is 4.91. The Morgan fingerprint density at radius 2 is 2.17 bits per heavy atom. The van der Waals surface area contributed by atoms with Crippen LogP contribution < -0.4 is 10.1 Å². The fourth-order valence-electron chi connectivity index (χ4n) is 3.47. The van der Waals surface area contributed by atoms with Crippen LogP contribution in [-0.4, -0.2) is 52.8 Å². The molecule has 2 aliphatic heterocycles. The number of hydrogen-bond acceptors (Lipinski definition) is 5. The molecular weight excluding hydrogens is 304 g/mol. The fourth-order valence-corrected chi connectivity index (χ4v) is 3.47. The largest absolute Gasteiger partial charge is 0.486 e. The van der Waals surface area contributed by atoms with Gasteiger partial charge in [0.1, 0.15) is 18.2 Å². The highest BCUT2D eigenvalue weighted by molar-refractivity contribution is 5.27. The van der Waals surface area contributed by atoms with E-state index in [0.29, 0.717) is 18.8 Å². The molecule has 0 aliphatic carbocycles. The predicted octanol–water partition coefficient (Wildman–Crippen LogP) is 1.17. The fraction of sp³-hybridized carbons (Fsp3) is 0.500. The zero-order chi connectivity index (χ0) is 16.4. The molecule has 2 atom stereocenters. The van der Waals surface area contributed by atoms with Gasteiger partial charge in [0.2, 0.25) is 0 Å². The minimum absolute atomic E-state index is 0.346. The van der Waals surface area contributed by atoms with E-state index in [9.17, 15) is 0 Å². The van der Waals surface area contributed by atoms with Crippen LogP contribution in [0.25, 0.3) is 0 Å². The summed E-state index contributed by atoms with van der Waals surface area (Å²) in [6.45, 7) is 5.28. The van der Waals surface area contributed by atoms with Gasteiger partial charge in [0.25, 0.3) is 0 Å². The number of aryl methyl sites for hydroxylation is 1. The van der Waals surface area contributed by atoms with E-state index < -0.39 is 0 Å². The van der Waals surface area contributed by atoms with Crippen molar-refractivity contribution in [2.45, 2.75) is 25.3 Å². The summed E-state index contributed by atoms with van der Waals surface area (Å²) in [6, 6.07) is 8.89. The van der Waals surface area contributed by atoms with E-state index in [1.165, 1.54) is 5.56 Å². The van der Waals surface area contributed by atoms with Crippen LogP contribution in [0.3, 0.4) is 0 Å². The molecule has 0 radical (unpaired) electrons. The van der Waals surface area contributed by atoms with Crippen LogP contribution >= 0.6 is 0 Å². The van der Waals surface area contributed by atoms with E-state index in [2.05, 4.69) is 27.3 Å². The Bertz CT molecular complexity index is 670. The number of ether oxygens (including phenoxy) is 2. The van der Waals surface area contributed by atoms with Gasteiger partial charge in [-0.2, -0.15) is 0 Å². The number of rotatable bonds is 5. The van der Waals surface area contributed by atoms with Gasteiger partial charge in [0.05, 0.1) is 12.7 Å². The Labute approximate surface area is 142 Å². The molecule has 4 rings (SSSR count). The van der Waals surface area contributed by atoms with Gasteiger partial charge in [-0.25, -0.2) is 4.98 Å². The highest BCUT2D eigenvalue weighted by Crippen LogP contribution is 2.21. The number of benzene rings is 1. The molecule has 1 N–H and O–H groups in total. The minimum Gasteiger partial charge on any atom is -0.486 e. The Kier molecular flexibility index (Phi) is 4.51. The molecule has 128 valence electrons. The first-order valence-electron chi connectivity index (χ1n) is 8.54. The number of nitrogens with one attached hydrogen (secondary N) is 1. The molecule has 2 aromatic rings. The van der Waals surface area contributed by atoms with E-state index in [1.54, 1.807) is 6.20 Å². The van der Waals surface area contributed by atoms with Crippen molar-refractivity contribution < 1.29 is 9.47 Å². The molecule has 24 heavy (non-hydrogen) atoms. The molecule has 2 aliphatic rings. The van der Waals surface area contributed by atoms with Crippen molar-refractivity contribution in [3.8, 4) is 5.75 Å². The number of nitrogens with zero attached hydrogens (tertiary/aromatic N) is 3. The maximum Gasteiger partial charge on any atom is 0.146 e. The first-order chi connectivity index (χ1) is 11.8. The van der Waals surface area contributed by atoms with Gasteiger partial charge >= 0.3 is 0 Å². The Balaban J connectivity index is 1.34. The second kappa shape index (κ2) is 6.93. The topological polar surface area (TPSA) is 51.5 Å². The van der Waals surface area contributed by atoms with Crippen molar-refractivity contribution in [3.63, 3.8) is 0 Å². The van der Waals surface area contributed by atoms with Gasteiger partial charge in [0, 0.05) is 51.7 Å². The van der Waals surface area contributed by atoms with E-state index in [1.807, 2.05) is 29.9 Å². The highest BCUT2D eigenvalue weighted by atomic mass is 16.5. The maximum atomic E-state index is 5.83. The van der Waals surface area contributed by atoms with Crippen LogP contribution in [0.1, 0.15) is 11.4 Å². The van der Waals surface area contributed by atoms with Crippen molar-refractivity contribution in [1.82, 2.24) is 19.8 Å². The van der Waals surface area contributed by atoms with Gasteiger partial charge < -0.3 is 19.4 Å². The molecule has 0 amide bonds. The van der Waals surface area contributed by atoms with E-state index >= 15 is 0 Å². The van der Waals surface area contributed by atoms with Gasteiger partial charge in [-0.15, -0.1) is 0 Å². The van der Waals surface area contributed by atoms with Crippen molar-refractivity contribution in [1.29, 1.82) is 0 Å². The van der Waals surface area contributed by atoms with Crippen molar-refractivity contribution in [2.75, 3.05) is 26.2 Å². The van der Waals surface area contributed by atoms with E-state index in [4.69, 9.17) is 9.47 Å². The molecule has 6 heteroatoms. The molecule has 2 saturated heterocycles. The molecule has 3 heterocycles. The first kappa shape index (κ1) is 15.6. The zero-order valence-electron chi connectivity index (χ0n) is 14.0. The lowest BCUT2D eigenvalue weighted by Crippen LogP contribution is -2.50. The molecule has 0 unspecified atom stereocenters. The highest BCUT2D eigenvalue weighted by Gasteiger charge is 2.35. The van der Waals surface area contributed by atoms with Crippen LogP contribution in [0.4, 0.5) is 0 Å². The quantitative estimate of drug-likeness (QED) is 0.893. The Morgan fingerprint density at radius 1 is 1.29 bits per heavy atom. The summed E-state index contributed by atoms with van der Waals surface area (Å²) in [6.07, 6.45) is 4.06. The number of hydrogen-bond donors (Lipinski definition) is 1. The average molecular weight is 328 g/mol. The van der Waals surface area contributed by atoms with Crippen LogP contribution in [0.5, 0.6) is 5.75 Å². The number of morpholine rings is 1. The van der Waals surface area contributed by atoms with Crippen molar-refractivity contribution in [3.05, 3.63) is 48.0 Å². The van der Waals surface area contributed by atoms with Gasteiger partial charge in [-0.05, 0) is 17.7 Å².